The molecular formula is C23H25ClN4O2. The highest BCUT2D eigenvalue weighted by Crippen LogP contribution is 2.45. The minimum Gasteiger partial charge on any atom is -0.382 e. The van der Waals surface area contributed by atoms with Gasteiger partial charge >= 0.3 is 0 Å². The number of carbonyl (C=O) groups excluding carboxylic acids is 2. The number of rotatable bonds is 2. The van der Waals surface area contributed by atoms with Gasteiger partial charge in [0.05, 0.1) is 11.1 Å². The number of amides is 1. The van der Waals surface area contributed by atoms with E-state index < -0.39 is 0 Å². The van der Waals surface area contributed by atoms with E-state index in [-0.39, 0.29) is 11.3 Å². The van der Waals surface area contributed by atoms with Crippen LogP contribution >= 0.6 is 11.6 Å². The van der Waals surface area contributed by atoms with E-state index in [1.54, 1.807) is 6.20 Å². The lowest BCUT2D eigenvalue weighted by atomic mass is 9.77. The predicted molar refractivity (Wildman–Crippen MR) is 118 cm³/mol. The summed E-state index contributed by atoms with van der Waals surface area (Å²) in [4.78, 5) is 30.7. The fraction of sp³-hybridized carbons (Fsp3) is 0.435. The third-order valence-electron chi connectivity index (χ3n) is 7.01. The summed E-state index contributed by atoms with van der Waals surface area (Å²) in [7, 11) is 0. The van der Waals surface area contributed by atoms with Crippen molar-refractivity contribution in [3.8, 4) is 11.1 Å². The van der Waals surface area contributed by atoms with Gasteiger partial charge in [0.25, 0.3) is 0 Å². The number of Topliss-reactive ketones (excluding diaryl/α,β-unsaturated/α-hetero) is 1. The molecule has 0 bridgehead atoms. The predicted octanol–water partition coefficient (Wildman–Crippen LogP) is 3.15. The molecule has 3 aliphatic rings. The molecule has 1 spiro atoms. The van der Waals surface area contributed by atoms with Gasteiger partial charge in [-0.25, -0.2) is 4.98 Å². The van der Waals surface area contributed by atoms with Crippen molar-refractivity contribution in [1.82, 2.24) is 10.3 Å². The molecule has 2 aliphatic heterocycles. The molecular weight excluding hydrogens is 400 g/mol. The summed E-state index contributed by atoms with van der Waals surface area (Å²) in [5.41, 5.74) is 11.0. The molecule has 6 nitrogen and oxygen atoms in total. The Morgan fingerprint density at radius 2 is 1.90 bits per heavy atom. The number of nitrogens with one attached hydrogen (secondary N) is 1. The number of pyridine rings is 1. The number of hydrogen-bond donors (Lipinski definition) is 2. The van der Waals surface area contributed by atoms with Crippen molar-refractivity contribution in [2.75, 3.05) is 30.3 Å². The van der Waals surface area contributed by atoms with Crippen LogP contribution in [0.5, 0.6) is 0 Å². The average Bonchev–Trinajstić information content (AvgIpc) is 3.10. The topological polar surface area (TPSA) is 88.3 Å². The normalized spacial score (nSPS) is 20.4. The maximum Gasteiger partial charge on any atom is 0.226 e. The van der Waals surface area contributed by atoms with Crippen LogP contribution in [0.1, 0.15) is 36.8 Å². The van der Waals surface area contributed by atoms with Gasteiger partial charge in [0, 0.05) is 44.2 Å². The lowest BCUT2D eigenvalue weighted by molar-refractivity contribution is -0.128. The number of nitrogens with zero attached hydrogens (tertiary/aromatic N) is 2. The van der Waals surface area contributed by atoms with Crippen molar-refractivity contribution < 1.29 is 9.59 Å². The van der Waals surface area contributed by atoms with E-state index in [9.17, 15) is 9.59 Å². The highest BCUT2D eigenvalue weighted by molar-refractivity contribution is 6.36. The zero-order chi connectivity index (χ0) is 20.9. The first-order valence-electron chi connectivity index (χ1n) is 10.6. The second-order valence-electron chi connectivity index (χ2n) is 8.69. The highest BCUT2D eigenvalue weighted by Gasteiger charge is 2.44. The quantitative estimate of drug-likeness (QED) is 0.773. The first kappa shape index (κ1) is 19.4. The fourth-order valence-electron chi connectivity index (χ4n) is 5.14. The van der Waals surface area contributed by atoms with Gasteiger partial charge in [-0.05, 0) is 42.4 Å². The van der Waals surface area contributed by atoms with Crippen LogP contribution in [0.15, 0.2) is 24.4 Å². The standard InChI is InChI=1S/C23H25ClN4O2/c24-19-20(28-9-6-23(7-10-28)5-8-26-22(23)30)18(13-27-21(19)25)16-2-1-15-12-17(29)4-3-14(15)11-16/h1-2,11,13H,3-10,12H2,(H2,25,27)(H,26,30). The molecule has 7 heteroatoms. The van der Waals surface area contributed by atoms with Gasteiger partial charge in [-0.15, -0.1) is 0 Å². The maximum atomic E-state index is 12.4. The minimum atomic E-state index is -0.236. The van der Waals surface area contributed by atoms with E-state index in [1.165, 1.54) is 5.56 Å². The number of aryl methyl sites for hydroxylation is 1. The number of nitrogens with two attached hydrogens (primary N) is 1. The SMILES string of the molecule is Nc1ncc(-c2ccc3c(c2)CCC(=O)C3)c(N2CCC3(CCNC3=O)CC2)c1Cl. The summed E-state index contributed by atoms with van der Waals surface area (Å²) >= 11 is 6.67. The molecule has 1 amide bonds. The van der Waals surface area contributed by atoms with E-state index >= 15 is 0 Å². The second-order valence-corrected chi connectivity index (χ2v) is 9.07. The molecule has 0 saturated carbocycles. The number of benzene rings is 1. The molecule has 2 fully saturated rings. The lowest BCUT2D eigenvalue weighted by Crippen LogP contribution is -2.44. The Morgan fingerprint density at radius 1 is 1.10 bits per heavy atom. The van der Waals surface area contributed by atoms with Crippen LogP contribution in [-0.4, -0.2) is 36.3 Å². The van der Waals surface area contributed by atoms with E-state index in [0.717, 1.165) is 67.7 Å². The molecule has 0 unspecified atom stereocenters. The summed E-state index contributed by atoms with van der Waals surface area (Å²) in [5.74, 6) is 0.802. The number of nitrogen functional groups attached to an aromatic ring is 1. The van der Waals surface area contributed by atoms with Crippen LogP contribution in [-0.2, 0) is 22.4 Å². The maximum absolute atomic E-state index is 12.4. The van der Waals surface area contributed by atoms with Crippen LogP contribution in [0.25, 0.3) is 11.1 Å². The Kier molecular flexibility index (Phi) is 4.69. The first-order valence-corrected chi connectivity index (χ1v) is 11.0. The molecule has 2 saturated heterocycles. The van der Waals surface area contributed by atoms with Crippen LogP contribution in [0.3, 0.4) is 0 Å². The second kappa shape index (κ2) is 7.27. The zero-order valence-electron chi connectivity index (χ0n) is 16.8. The number of piperidine rings is 1. The summed E-state index contributed by atoms with van der Waals surface area (Å²) in [6.07, 6.45) is 6.20. The molecule has 156 valence electrons. The molecule has 3 N–H and O–H groups in total. The van der Waals surface area contributed by atoms with Crippen molar-refractivity contribution in [2.45, 2.75) is 38.5 Å². The van der Waals surface area contributed by atoms with Gasteiger partial charge in [-0.3, -0.25) is 9.59 Å². The van der Waals surface area contributed by atoms with Gasteiger partial charge in [0.2, 0.25) is 5.91 Å². The largest absolute Gasteiger partial charge is 0.382 e. The van der Waals surface area contributed by atoms with E-state index in [4.69, 9.17) is 17.3 Å². The number of ketones is 1. The van der Waals surface area contributed by atoms with Crippen LogP contribution < -0.4 is 16.0 Å². The number of anilines is 2. The molecule has 0 atom stereocenters. The molecule has 1 aliphatic carbocycles. The number of aromatic nitrogens is 1. The summed E-state index contributed by atoms with van der Waals surface area (Å²) in [5, 5.41) is 3.45. The van der Waals surface area contributed by atoms with Gasteiger partial charge < -0.3 is 16.0 Å². The van der Waals surface area contributed by atoms with Gasteiger partial charge in [0.15, 0.2) is 0 Å². The molecule has 1 aromatic heterocycles. The molecule has 2 aromatic rings. The van der Waals surface area contributed by atoms with Gasteiger partial charge in [-0.2, -0.15) is 0 Å². The van der Waals surface area contributed by atoms with Crippen molar-refractivity contribution >= 4 is 34.8 Å². The number of hydrogen-bond acceptors (Lipinski definition) is 5. The van der Waals surface area contributed by atoms with E-state index in [0.29, 0.717) is 29.5 Å². The number of fused-ring (bicyclic) bond motifs is 1. The van der Waals surface area contributed by atoms with Crippen molar-refractivity contribution in [1.29, 1.82) is 0 Å². The summed E-state index contributed by atoms with van der Waals surface area (Å²) < 4.78 is 0. The van der Waals surface area contributed by atoms with Crippen LogP contribution in [0.4, 0.5) is 11.5 Å². The third kappa shape index (κ3) is 3.14. The average molecular weight is 425 g/mol. The number of carbonyl (C=O) groups is 2. The van der Waals surface area contributed by atoms with E-state index in [1.807, 2.05) is 12.1 Å². The molecule has 0 radical (unpaired) electrons. The number of halogens is 1. The minimum absolute atomic E-state index is 0.187. The Morgan fingerprint density at radius 3 is 2.63 bits per heavy atom. The zero-order valence-corrected chi connectivity index (χ0v) is 17.6. The smallest absolute Gasteiger partial charge is 0.226 e. The van der Waals surface area contributed by atoms with Crippen LogP contribution in [0.2, 0.25) is 5.02 Å². The van der Waals surface area contributed by atoms with E-state index in [2.05, 4.69) is 21.3 Å². The summed E-state index contributed by atoms with van der Waals surface area (Å²) in [6, 6.07) is 6.24. The van der Waals surface area contributed by atoms with Gasteiger partial charge in [0.1, 0.15) is 16.6 Å². The van der Waals surface area contributed by atoms with Crippen molar-refractivity contribution in [2.24, 2.45) is 5.41 Å². The molecule has 3 heterocycles. The van der Waals surface area contributed by atoms with Gasteiger partial charge in [-0.1, -0.05) is 29.8 Å². The molecule has 1 aromatic carbocycles. The Hall–Kier alpha value is -2.60. The summed E-state index contributed by atoms with van der Waals surface area (Å²) in [6.45, 7) is 2.27. The molecule has 5 rings (SSSR count). The fourth-order valence-corrected chi connectivity index (χ4v) is 5.41. The Bertz CT molecular complexity index is 1040. The Labute approximate surface area is 180 Å². The molecule has 30 heavy (non-hydrogen) atoms. The third-order valence-corrected chi connectivity index (χ3v) is 7.38. The Balaban J connectivity index is 1.50. The first-order chi connectivity index (χ1) is 14.5. The van der Waals surface area contributed by atoms with Crippen molar-refractivity contribution in [3.05, 3.63) is 40.5 Å². The lowest BCUT2D eigenvalue weighted by Gasteiger charge is -2.39. The van der Waals surface area contributed by atoms with Crippen molar-refractivity contribution in [3.63, 3.8) is 0 Å². The monoisotopic (exact) mass is 424 g/mol. The van der Waals surface area contributed by atoms with Crippen LogP contribution in [0, 0.1) is 5.41 Å². The highest BCUT2D eigenvalue weighted by atomic mass is 35.5.